The molecule has 1 fully saturated rings. The standard InChI is InChI=1S/C24H33N3O6S2/c1-26(21-11-7-4-8-12-21)34(29,30)22-13-15-23(16-14-22)35(31,32)27(17-18-33-2)19-24(28)25-20-9-5-3-6-10-20/h3,5-6,9-10,13-16,21H,4,7-8,11-12,17-19H2,1-2H3,(H,25,28). The summed E-state index contributed by atoms with van der Waals surface area (Å²) in [7, 11) is -4.81. The zero-order chi connectivity index (χ0) is 25.5. The molecule has 1 aliphatic rings. The average Bonchev–Trinajstić information content (AvgIpc) is 2.87. The maximum Gasteiger partial charge on any atom is 0.243 e. The monoisotopic (exact) mass is 523 g/mol. The summed E-state index contributed by atoms with van der Waals surface area (Å²) in [5, 5.41) is 2.67. The number of anilines is 1. The van der Waals surface area contributed by atoms with Crippen LogP contribution in [0.5, 0.6) is 0 Å². The Kier molecular flexibility index (Phi) is 9.42. The van der Waals surface area contributed by atoms with Crippen molar-refractivity contribution in [1.82, 2.24) is 8.61 Å². The van der Waals surface area contributed by atoms with Gasteiger partial charge in [0.15, 0.2) is 0 Å². The Bertz CT molecular complexity index is 1180. The SMILES string of the molecule is COCCN(CC(=O)Nc1ccccc1)S(=O)(=O)c1ccc(S(=O)(=O)N(C)C2CCCCC2)cc1. The van der Waals surface area contributed by atoms with E-state index in [-0.39, 0.29) is 29.0 Å². The van der Waals surface area contributed by atoms with Crippen molar-refractivity contribution in [2.75, 3.05) is 39.2 Å². The quantitative estimate of drug-likeness (QED) is 0.485. The maximum atomic E-state index is 13.3. The van der Waals surface area contributed by atoms with E-state index >= 15 is 0 Å². The third-order valence-electron chi connectivity index (χ3n) is 6.15. The van der Waals surface area contributed by atoms with Crippen LogP contribution in [0.4, 0.5) is 5.69 Å². The number of nitrogens with one attached hydrogen (secondary N) is 1. The number of hydrogen-bond donors (Lipinski definition) is 1. The molecule has 192 valence electrons. The van der Waals surface area contributed by atoms with Gasteiger partial charge in [-0.1, -0.05) is 37.5 Å². The summed E-state index contributed by atoms with van der Waals surface area (Å²) >= 11 is 0. The zero-order valence-electron chi connectivity index (χ0n) is 20.1. The number of ether oxygens (including phenoxy) is 1. The van der Waals surface area contributed by atoms with Crippen LogP contribution in [-0.4, -0.2) is 71.2 Å². The van der Waals surface area contributed by atoms with Crippen LogP contribution in [0.1, 0.15) is 32.1 Å². The van der Waals surface area contributed by atoms with Gasteiger partial charge in [0, 0.05) is 32.4 Å². The first kappa shape index (κ1) is 27.3. The highest BCUT2D eigenvalue weighted by molar-refractivity contribution is 7.89. The van der Waals surface area contributed by atoms with E-state index in [1.54, 1.807) is 31.3 Å². The summed E-state index contributed by atoms with van der Waals surface area (Å²) in [4.78, 5) is 12.5. The van der Waals surface area contributed by atoms with Gasteiger partial charge in [-0.05, 0) is 49.2 Å². The minimum Gasteiger partial charge on any atom is -0.383 e. The highest BCUT2D eigenvalue weighted by Gasteiger charge is 2.31. The van der Waals surface area contributed by atoms with E-state index < -0.39 is 32.5 Å². The van der Waals surface area contributed by atoms with Gasteiger partial charge in [-0.3, -0.25) is 4.79 Å². The Morgan fingerprint density at radius 1 is 0.914 bits per heavy atom. The molecular weight excluding hydrogens is 490 g/mol. The minimum atomic E-state index is -4.08. The lowest BCUT2D eigenvalue weighted by molar-refractivity contribution is -0.116. The van der Waals surface area contributed by atoms with E-state index in [0.29, 0.717) is 5.69 Å². The number of para-hydroxylation sites is 1. The average molecular weight is 524 g/mol. The number of methoxy groups -OCH3 is 1. The predicted octanol–water partition coefficient (Wildman–Crippen LogP) is 2.92. The Labute approximate surface area is 208 Å². The number of rotatable bonds is 11. The topological polar surface area (TPSA) is 113 Å². The number of amides is 1. The van der Waals surface area contributed by atoms with Gasteiger partial charge in [0.1, 0.15) is 0 Å². The largest absolute Gasteiger partial charge is 0.383 e. The minimum absolute atomic E-state index is 0.0362. The number of nitrogens with zero attached hydrogens (tertiary/aromatic N) is 2. The number of carbonyl (C=O) groups is 1. The van der Waals surface area contributed by atoms with Crippen molar-refractivity contribution in [1.29, 1.82) is 0 Å². The van der Waals surface area contributed by atoms with Crippen LogP contribution in [0, 0.1) is 0 Å². The van der Waals surface area contributed by atoms with E-state index in [1.807, 2.05) is 6.07 Å². The van der Waals surface area contributed by atoms with Crippen molar-refractivity contribution in [2.45, 2.75) is 47.9 Å². The van der Waals surface area contributed by atoms with E-state index in [2.05, 4.69) is 5.32 Å². The third-order valence-corrected chi connectivity index (χ3v) is 9.93. The molecule has 0 unspecified atom stereocenters. The molecule has 0 radical (unpaired) electrons. The second kappa shape index (κ2) is 12.1. The van der Waals surface area contributed by atoms with Crippen molar-refractivity contribution in [3.8, 4) is 0 Å². The van der Waals surface area contributed by atoms with Gasteiger partial charge in [-0.2, -0.15) is 8.61 Å². The molecule has 1 saturated carbocycles. The van der Waals surface area contributed by atoms with Crippen molar-refractivity contribution < 1.29 is 26.4 Å². The molecule has 1 amide bonds. The van der Waals surface area contributed by atoms with Crippen molar-refractivity contribution in [2.24, 2.45) is 0 Å². The first-order valence-electron chi connectivity index (χ1n) is 11.6. The molecule has 2 aromatic rings. The van der Waals surface area contributed by atoms with Crippen LogP contribution >= 0.6 is 0 Å². The number of benzene rings is 2. The van der Waals surface area contributed by atoms with Crippen LogP contribution in [0.25, 0.3) is 0 Å². The van der Waals surface area contributed by atoms with Crippen LogP contribution in [-0.2, 0) is 29.6 Å². The Balaban J connectivity index is 1.78. The molecule has 3 rings (SSSR count). The molecule has 1 N–H and O–H groups in total. The van der Waals surface area contributed by atoms with E-state index in [1.165, 1.54) is 35.7 Å². The first-order chi connectivity index (χ1) is 16.7. The lowest BCUT2D eigenvalue weighted by Gasteiger charge is -2.30. The molecule has 0 heterocycles. The molecule has 2 aromatic carbocycles. The highest BCUT2D eigenvalue weighted by Crippen LogP contribution is 2.27. The Morgan fingerprint density at radius 3 is 2.06 bits per heavy atom. The molecule has 1 aliphatic carbocycles. The molecule has 0 aromatic heterocycles. The summed E-state index contributed by atoms with van der Waals surface area (Å²) in [6.07, 6.45) is 4.75. The van der Waals surface area contributed by atoms with Gasteiger partial charge in [-0.15, -0.1) is 0 Å². The number of carbonyl (C=O) groups excluding carboxylic acids is 1. The number of hydrogen-bond acceptors (Lipinski definition) is 6. The molecule has 11 heteroatoms. The van der Waals surface area contributed by atoms with Crippen molar-refractivity contribution in [3.63, 3.8) is 0 Å². The Hall–Kier alpha value is -2.31. The van der Waals surface area contributed by atoms with E-state index in [4.69, 9.17) is 4.74 Å². The van der Waals surface area contributed by atoms with Gasteiger partial charge in [0.25, 0.3) is 0 Å². The Morgan fingerprint density at radius 2 is 1.49 bits per heavy atom. The number of sulfonamides is 2. The van der Waals surface area contributed by atoms with Gasteiger partial charge in [0.05, 0.1) is 22.9 Å². The van der Waals surface area contributed by atoms with E-state index in [0.717, 1.165) is 36.4 Å². The smallest absolute Gasteiger partial charge is 0.243 e. The fourth-order valence-electron chi connectivity index (χ4n) is 4.10. The third kappa shape index (κ3) is 6.89. The molecule has 0 aliphatic heterocycles. The summed E-state index contributed by atoms with van der Waals surface area (Å²) in [5.41, 5.74) is 0.554. The van der Waals surface area contributed by atoms with Gasteiger partial charge in [0.2, 0.25) is 26.0 Å². The van der Waals surface area contributed by atoms with Crippen LogP contribution in [0.3, 0.4) is 0 Å². The van der Waals surface area contributed by atoms with Crippen LogP contribution < -0.4 is 5.32 Å². The fraction of sp³-hybridized carbons (Fsp3) is 0.458. The summed E-state index contributed by atoms with van der Waals surface area (Å²) in [6, 6.07) is 13.8. The first-order valence-corrected chi connectivity index (χ1v) is 14.5. The molecule has 35 heavy (non-hydrogen) atoms. The predicted molar refractivity (Wildman–Crippen MR) is 134 cm³/mol. The van der Waals surface area contributed by atoms with Crippen LogP contribution in [0.2, 0.25) is 0 Å². The second-order valence-electron chi connectivity index (χ2n) is 8.53. The molecule has 9 nitrogen and oxygen atoms in total. The molecular formula is C24H33N3O6S2. The zero-order valence-corrected chi connectivity index (χ0v) is 21.7. The summed E-state index contributed by atoms with van der Waals surface area (Å²) in [6.45, 7) is -0.354. The van der Waals surface area contributed by atoms with Crippen LogP contribution in [0.15, 0.2) is 64.4 Å². The summed E-state index contributed by atoms with van der Waals surface area (Å²) < 4.78 is 60.2. The molecule has 0 atom stereocenters. The normalized spacial score (nSPS) is 15.4. The van der Waals surface area contributed by atoms with Crippen molar-refractivity contribution in [3.05, 3.63) is 54.6 Å². The van der Waals surface area contributed by atoms with Gasteiger partial charge >= 0.3 is 0 Å². The second-order valence-corrected chi connectivity index (χ2v) is 12.5. The molecule has 0 saturated heterocycles. The molecule has 0 bridgehead atoms. The van der Waals surface area contributed by atoms with Gasteiger partial charge in [-0.25, -0.2) is 16.8 Å². The highest BCUT2D eigenvalue weighted by atomic mass is 32.2. The molecule has 0 spiro atoms. The van der Waals surface area contributed by atoms with Crippen molar-refractivity contribution >= 4 is 31.6 Å². The lowest BCUT2D eigenvalue weighted by atomic mass is 9.96. The van der Waals surface area contributed by atoms with E-state index in [9.17, 15) is 21.6 Å². The van der Waals surface area contributed by atoms with Gasteiger partial charge < -0.3 is 10.1 Å². The fourth-order valence-corrected chi connectivity index (χ4v) is 6.90. The summed E-state index contributed by atoms with van der Waals surface area (Å²) in [5.74, 6) is -0.496. The lowest BCUT2D eigenvalue weighted by Crippen LogP contribution is -2.40. The maximum absolute atomic E-state index is 13.3.